The molecule has 2 saturated carbocycles. The molecule has 14 heavy (non-hydrogen) atoms. The molecule has 0 radical (unpaired) electrons. The molecule has 2 rings (SSSR count). The van der Waals surface area contributed by atoms with E-state index in [1.54, 1.807) is 0 Å². The average molecular weight is 197 g/mol. The topological polar surface area (TPSA) is 32.3 Å². The van der Waals surface area contributed by atoms with Crippen molar-refractivity contribution in [2.45, 2.75) is 57.6 Å². The summed E-state index contributed by atoms with van der Waals surface area (Å²) in [5.41, 5.74) is -0.509. The molecule has 0 bridgehead atoms. The maximum atomic E-state index is 9.60. The second kappa shape index (κ2) is 3.82. The molecule has 0 heterocycles. The van der Waals surface area contributed by atoms with Crippen LogP contribution in [0.25, 0.3) is 0 Å². The molecule has 2 nitrogen and oxygen atoms in total. The molecule has 0 unspecified atom stereocenters. The van der Waals surface area contributed by atoms with Crippen LogP contribution in [0.1, 0.15) is 46.0 Å². The van der Waals surface area contributed by atoms with Crippen molar-refractivity contribution in [1.29, 1.82) is 0 Å². The van der Waals surface area contributed by atoms with E-state index in [9.17, 15) is 5.11 Å². The van der Waals surface area contributed by atoms with Gasteiger partial charge in [0.1, 0.15) is 0 Å². The summed E-state index contributed by atoms with van der Waals surface area (Å²) in [6.07, 6.45) is 6.57. The first-order valence-electron chi connectivity index (χ1n) is 6.02. The van der Waals surface area contributed by atoms with Gasteiger partial charge in [-0.25, -0.2) is 0 Å². The number of aliphatic hydroxyl groups is 1. The highest BCUT2D eigenvalue weighted by Crippen LogP contribution is 2.44. The Labute approximate surface area is 87.1 Å². The molecule has 0 spiro atoms. The van der Waals surface area contributed by atoms with Crippen LogP contribution in [0.2, 0.25) is 0 Å². The lowest BCUT2D eigenvalue weighted by atomic mass is 10.0. The molecule has 0 aromatic heterocycles. The van der Waals surface area contributed by atoms with E-state index in [0.29, 0.717) is 0 Å². The van der Waals surface area contributed by atoms with E-state index in [0.717, 1.165) is 30.8 Å². The summed E-state index contributed by atoms with van der Waals surface area (Å²) in [6.45, 7) is 4.75. The van der Waals surface area contributed by atoms with Crippen LogP contribution in [-0.2, 0) is 0 Å². The zero-order chi connectivity index (χ0) is 10.2. The van der Waals surface area contributed by atoms with Crippen LogP contribution in [-0.4, -0.2) is 23.3 Å². The lowest BCUT2D eigenvalue weighted by molar-refractivity contribution is 0.0698. The molecule has 2 fully saturated rings. The average Bonchev–Trinajstić information content (AvgIpc) is 2.89. The summed E-state index contributed by atoms with van der Waals surface area (Å²) < 4.78 is 0. The summed E-state index contributed by atoms with van der Waals surface area (Å²) in [7, 11) is 0. The Bertz CT molecular complexity index is 177. The first-order chi connectivity index (χ1) is 6.56. The Morgan fingerprint density at radius 2 is 1.71 bits per heavy atom. The zero-order valence-corrected chi connectivity index (χ0v) is 9.42. The van der Waals surface area contributed by atoms with E-state index in [1.807, 2.05) is 13.8 Å². The summed E-state index contributed by atoms with van der Waals surface area (Å²) in [6, 6.07) is 0.775. The molecule has 0 saturated heterocycles. The fourth-order valence-electron chi connectivity index (χ4n) is 2.17. The molecule has 0 aliphatic heterocycles. The molecule has 0 aromatic rings. The van der Waals surface area contributed by atoms with E-state index < -0.39 is 5.60 Å². The Morgan fingerprint density at radius 3 is 2.07 bits per heavy atom. The third-order valence-electron chi connectivity index (χ3n) is 3.38. The van der Waals surface area contributed by atoms with Crippen LogP contribution >= 0.6 is 0 Å². The summed E-state index contributed by atoms with van der Waals surface area (Å²) in [5.74, 6) is 1.92. The molecule has 2 aliphatic carbocycles. The van der Waals surface area contributed by atoms with Crippen LogP contribution in [0.5, 0.6) is 0 Å². The number of hydrogen-bond donors (Lipinski definition) is 2. The lowest BCUT2D eigenvalue weighted by Crippen LogP contribution is -2.36. The van der Waals surface area contributed by atoms with Gasteiger partial charge in [0.2, 0.25) is 0 Å². The minimum Gasteiger partial charge on any atom is -0.390 e. The normalized spacial score (nSPS) is 23.1. The van der Waals surface area contributed by atoms with Crippen molar-refractivity contribution >= 4 is 0 Å². The maximum Gasteiger partial charge on any atom is 0.0603 e. The van der Waals surface area contributed by atoms with Crippen LogP contribution in [0.15, 0.2) is 0 Å². The highest BCUT2D eigenvalue weighted by Gasteiger charge is 2.40. The molecule has 2 N–H and O–H groups in total. The molecule has 2 heteroatoms. The number of hydrogen-bond acceptors (Lipinski definition) is 2. The van der Waals surface area contributed by atoms with Gasteiger partial charge in [0.15, 0.2) is 0 Å². The van der Waals surface area contributed by atoms with Crippen LogP contribution < -0.4 is 5.32 Å². The fourth-order valence-corrected chi connectivity index (χ4v) is 2.17. The van der Waals surface area contributed by atoms with Gasteiger partial charge in [-0.1, -0.05) is 0 Å². The summed E-state index contributed by atoms with van der Waals surface area (Å²) in [4.78, 5) is 0. The smallest absolute Gasteiger partial charge is 0.0603 e. The predicted molar refractivity (Wildman–Crippen MR) is 58.2 cm³/mol. The fraction of sp³-hybridized carbons (Fsp3) is 1.00. The van der Waals surface area contributed by atoms with Gasteiger partial charge >= 0.3 is 0 Å². The van der Waals surface area contributed by atoms with Crippen molar-refractivity contribution in [3.8, 4) is 0 Å². The van der Waals surface area contributed by atoms with Gasteiger partial charge in [-0.2, -0.15) is 0 Å². The largest absolute Gasteiger partial charge is 0.390 e. The number of rotatable bonds is 6. The minimum atomic E-state index is -0.509. The highest BCUT2D eigenvalue weighted by atomic mass is 16.3. The second-order valence-electron chi connectivity index (χ2n) is 5.72. The minimum absolute atomic E-state index is 0.509. The van der Waals surface area contributed by atoms with E-state index in [2.05, 4.69) is 5.32 Å². The zero-order valence-electron chi connectivity index (χ0n) is 9.42. The Balaban J connectivity index is 1.67. The first-order valence-corrected chi connectivity index (χ1v) is 6.02. The second-order valence-corrected chi connectivity index (χ2v) is 5.72. The van der Waals surface area contributed by atoms with Gasteiger partial charge < -0.3 is 10.4 Å². The standard InChI is InChI=1S/C12H23NO/c1-12(2,14)7-8-13-11(9-3-4-9)10-5-6-10/h9-11,13-14H,3-8H2,1-2H3. The molecule has 0 aromatic carbocycles. The highest BCUT2D eigenvalue weighted by molar-refractivity contribution is 4.96. The molecule has 0 amide bonds. The van der Waals surface area contributed by atoms with E-state index in [4.69, 9.17) is 0 Å². The van der Waals surface area contributed by atoms with E-state index in [-0.39, 0.29) is 0 Å². The monoisotopic (exact) mass is 197 g/mol. The van der Waals surface area contributed by atoms with Crippen LogP contribution in [0.3, 0.4) is 0 Å². The molecular formula is C12H23NO. The van der Waals surface area contributed by atoms with Gasteiger partial charge in [-0.3, -0.25) is 0 Å². The van der Waals surface area contributed by atoms with Gasteiger partial charge in [-0.15, -0.1) is 0 Å². The van der Waals surface area contributed by atoms with Crippen molar-refractivity contribution in [2.24, 2.45) is 11.8 Å². The van der Waals surface area contributed by atoms with Gasteiger partial charge in [0.25, 0.3) is 0 Å². The first kappa shape index (κ1) is 10.4. The number of nitrogens with one attached hydrogen (secondary N) is 1. The van der Waals surface area contributed by atoms with Gasteiger partial charge in [0.05, 0.1) is 5.60 Å². The quantitative estimate of drug-likeness (QED) is 0.682. The Hall–Kier alpha value is -0.0800. The summed E-state index contributed by atoms with van der Waals surface area (Å²) >= 11 is 0. The SMILES string of the molecule is CC(C)(O)CCNC(C1CC1)C1CC1. The molecular weight excluding hydrogens is 174 g/mol. The van der Waals surface area contributed by atoms with Crippen molar-refractivity contribution in [3.63, 3.8) is 0 Å². The maximum absolute atomic E-state index is 9.60. The third kappa shape index (κ3) is 3.25. The molecule has 2 aliphatic rings. The van der Waals surface area contributed by atoms with Crippen molar-refractivity contribution in [1.82, 2.24) is 5.32 Å². The van der Waals surface area contributed by atoms with Gasteiger partial charge in [-0.05, 0) is 64.3 Å². The van der Waals surface area contributed by atoms with Gasteiger partial charge in [0, 0.05) is 6.04 Å². The van der Waals surface area contributed by atoms with Crippen molar-refractivity contribution < 1.29 is 5.11 Å². The van der Waals surface area contributed by atoms with Crippen molar-refractivity contribution in [2.75, 3.05) is 6.54 Å². The van der Waals surface area contributed by atoms with Crippen LogP contribution in [0, 0.1) is 11.8 Å². The lowest BCUT2D eigenvalue weighted by Gasteiger charge is -2.21. The summed E-state index contributed by atoms with van der Waals surface area (Å²) in [5, 5.41) is 13.2. The van der Waals surface area contributed by atoms with Crippen LogP contribution in [0.4, 0.5) is 0 Å². The Kier molecular flexibility index (Phi) is 2.85. The van der Waals surface area contributed by atoms with E-state index >= 15 is 0 Å². The third-order valence-corrected chi connectivity index (χ3v) is 3.38. The Morgan fingerprint density at radius 1 is 1.21 bits per heavy atom. The molecule has 0 atom stereocenters. The van der Waals surface area contributed by atoms with Crippen molar-refractivity contribution in [3.05, 3.63) is 0 Å². The van der Waals surface area contributed by atoms with E-state index in [1.165, 1.54) is 25.7 Å². The molecule has 82 valence electrons. The predicted octanol–water partition coefficient (Wildman–Crippen LogP) is 1.93.